The standard InChI is InChI=1S/C15H23N3O.ClH/c1-12(16)15(19)18-10-8-14(9-11-18)17(2)13-6-4-3-5-7-13;/h3-7,12,14H,8-11,16H2,1-2H3;1H. The molecule has 0 aromatic heterocycles. The van der Waals surface area contributed by atoms with Gasteiger partial charge in [0, 0.05) is 31.9 Å². The van der Waals surface area contributed by atoms with Crippen molar-refractivity contribution in [3.8, 4) is 0 Å². The lowest BCUT2D eigenvalue weighted by atomic mass is 10.0. The highest BCUT2D eigenvalue weighted by Gasteiger charge is 2.26. The summed E-state index contributed by atoms with van der Waals surface area (Å²) >= 11 is 0. The van der Waals surface area contributed by atoms with Crippen molar-refractivity contribution in [2.24, 2.45) is 5.73 Å². The summed E-state index contributed by atoms with van der Waals surface area (Å²) in [5.41, 5.74) is 6.89. The van der Waals surface area contributed by atoms with E-state index in [4.69, 9.17) is 5.73 Å². The van der Waals surface area contributed by atoms with Crippen LogP contribution in [0.25, 0.3) is 0 Å². The highest BCUT2D eigenvalue weighted by atomic mass is 35.5. The van der Waals surface area contributed by atoms with E-state index in [9.17, 15) is 4.79 Å². The first-order valence-electron chi connectivity index (χ1n) is 6.92. The predicted molar refractivity (Wildman–Crippen MR) is 85.3 cm³/mol. The van der Waals surface area contributed by atoms with Crippen molar-refractivity contribution in [1.82, 2.24) is 4.90 Å². The highest BCUT2D eigenvalue weighted by molar-refractivity contribution is 5.85. The number of halogens is 1. The van der Waals surface area contributed by atoms with Crippen molar-refractivity contribution in [3.63, 3.8) is 0 Å². The number of piperidine rings is 1. The Labute approximate surface area is 127 Å². The first-order valence-corrected chi connectivity index (χ1v) is 6.92. The number of hydrogen-bond donors (Lipinski definition) is 1. The van der Waals surface area contributed by atoms with Crippen LogP contribution >= 0.6 is 12.4 Å². The second kappa shape index (κ2) is 7.50. The van der Waals surface area contributed by atoms with Crippen molar-refractivity contribution < 1.29 is 4.79 Å². The monoisotopic (exact) mass is 297 g/mol. The Morgan fingerprint density at radius 1 is 1.30 bits per heavy atom. The van der Waals surface area contributed by atoms with E-state index < -0.39 is 0 Å². The van der Waals surface area contributed by atoms with Crippen LogP contribution in [0.4, 0.5) is 5.69 Å². The normalized spacial score (nSPS) is 17.2. The molecule has 0 radical (unpaired) electrons. The fourth-order valence-electron chi connectivity index (χ4n) is 2.64. The lowest BCUT2D eigenvalue weighted by Gasteiger charge is -2.38. The Morgan fingerprint density at radius 3 is 2.35 bits per heavy atom. The number of carbonyl (C=O) groups is 1. The Balaban J connectivity index is 0.00000200. The maximum atomic E-state index is 11.8. The summed E-state index contributed by atoms with van der Waals surface area (Å²) in [6, 6.07) is 10.5. The van der Waals surface area contributed by atoms with Crippen LogP contribution in [-0.4, -0.2) is 43.0 Å². The zero-order valence-electron chi connectivity index (χ0n) is 12.2. The van der Waals surface area contributed by atoms with Crippen molar-refractivity contribution in [1.29, 1.82) is 0 Å². The molecule has 1 unspecified atom stereocenters. The van der Waals surface area contributed by atoms with E-state index >= 15 is 0 Å². The minimum Gasteiger partial charge on any atom is -0.371 e. The fourth-order valence-corrected chi connectivity index (χ4v) is 2.64. The molecular formula is C15H24ClN3O. The molecule has 2 N–H and O–H groups in total. The number of likely N-dealkylation sites (tertiary alicyclic amines) is 1. The molecule has 0 aliphatic carbocycles. The number of rotatable bonds is 3. The second-order valence-electron chi connectivity index (χ2n) is 5.29. The molecule has 0 saturated carbocycles. The van der Waals surface area contributed by atoms with E-state index in [1.54, 1.807) is 6.92 Å². The second-order valence-corrected chi connectivity index (χ2v) is 5.29. The lowest BCUT2D eigenvalue weighted by Crippen LogP contribution is -2.49. The smallest absolute Gasteiger partial charge is 0.239 e. The van der Waals surface area contributed by atoms with Gasteiger partial charge in [-0.3, -0.25) is 4.79 Å². The minimum absolute atomic E-state index is 0. The number of carbonyl (C=O) groups excluding carboxylic acids is 1. The molecule has 1 heterocycles. The number of para-hydroxylation sites is 1. The van der Waals surface area contributed by atoms with E-state index in [2.05, 4.69) is 36.2 Å². The van der Waals surface area contributed by atoms with Crippen molar-refractivity contribution in [2.45, 2.75) is 31.8 Å². The molecule has 1 atom stereocenters. The molecule has 1 saturated heterocycles. The quantitative estimate of drug-likeness (QED) is 0.927. The van der Waals surface area contributed by atoms with Crippen LogP contribution in [0.2, 0.25) is 0 Å². The summed E-state index contributed by atoms with van der Waals surface area (Å²) in [6.45, 7) is 3.37. The van der Waals surface area contributed by atoms with Gasteiger partial charge in [0.2, 0.25) is 5.91 Å². The van der Waals surface area contributed by atoms with Gasteiger partial charge in [-0.25, -0.2) is 0 Å². The molecule has 1 fully saturated rings. The Hall–Kier alpha value is -1.26. The molecule has 1 amide bonds. The van der Waals surface area contributed by atoms with Gasteiger partial charge in [-0.05, 0) is 31.9 Å². The van der Waals surface area contributed by atoms with E-state index in [-0.39, 0.29) is 24.4 Å². The summed E-state index contributed by atoms with van der Waals surface area (Å²) < 4.78 is 0. The van der Waals surface area contributed by atoms with Crippen LogP contribution in [0.3, 0.4) is 0 Å². The Bertz CT molecular complexity index is 416. The summed E-state index contributed by atoms with van der Waals surface area (Å²) in [5.74, 6) is 0.0702. The summed E-state index contributed by atoms with van der Waals surface area (Å²) in [4.78, 5) is 16.0. The molecule has 1 aromatic rings. The van der Waals surface area contributed by atoms with Crippen LogP contribution in [0.1, 0.15) is 19.8 Å². The molecule has 1 aromatic carbocycles. The van der Waals surface area contributed by atoms with Crippen LogP contribution in [-0.2, 0) is 4.79 Å². The Morgan fingerprint density at radius 2 is 1.85 bits per heavy atom. The number of amides is 1. The van der Waals surface area contributed by atoms with E-state index in [0.717, 1.165) is 25.9 Å². The summed E-state index contributed by atoms with van der Waals surface area (Å²) in [7, 11) is 2.13. The molecule has 2 rings (SSSR count). The van der Waals surface area contributed by atoms with Gasteiger partial charge in [-0.1, -0.05) is 18.2 Å². The van der Waals surface area contributed by atoms with Gasteiger partial charge < -0.3 is 15.5 Å². The number of nitrogens with zero attached hydrogens (tertiary/aromatic N) is 2. The van der Waals surface area contributed by atoms with Crippen LogP contribution in [0.5, 0.6) is 0 Å². The predicted octanol–water partition coefficient (Wildman–Crippen LogP) is 1.88. The molecule has 20 heavy (non-hydrogen) atoms. The van der Waals surface area contributed by atoms with Crippen LogP contribution < -0.4 is 10.6 Å². The van der Waals surface area contributed by atoms with E-state index in [1.807, 2.05) is 11.0 Å². The van der Waals surface area contributed by atoms with Gasteiger partial charge in [-0.15, -0.1) is 12.4 Å². The maximum absolute atomic E-state index is 11.8. The molecule has 1 aliphatic rings. The first kappa shape index (κ1) is 16.8. The molecule has 0 spiro atoms. The lowest BCUT2D eigenvalue weighted by molar-refractivity contribution is -0.133. The third kappa shape index (κ3) is 3.87. The van der Waals surface area contributed by atoms with E-state index in [1.165, 1.54) is 5.69 Å². The van der Waals surface area contributed by atoms with E-state index in [0.29, 0.717) is 6.04 Å². The van der Waals surface area contributed by atoms with Crippen molar-refractivity contribution in [2.75, 3.05) is 25.0 Å². The minimum atomic E-state index is -0.386. The molecule has 0 bridgehead atoms. The molecule has 5 heteroatoms. The topological polar surface area (TPSA) is 49.6 Å². The zero-order valence-corrected chi connectivity index (χ0v) is 13.0. The van der Waals surface area contributed by atoms with Gasteiger partial charge >= 0.3 is 0 Å². The Kier molecular flexibility index (Phi) is 6.30. The largest absolute Gasteiger partial charge is 0.371 e. The van der Waals surface area contributed by atoms with Gasteiger partial charge in [0.1, 0.15) is 0 Å². The number of benzene rings is 1. The average molecular weight is 298 g/mol. The SMILES string of the molecule is CC(N)C(=O)N1CCC(N(C)c2ccccc2)CC1.Cl. The average Bonchev–Trinajstić information content (AvgIpc) is 2.46. The van der Waals surface area contributed by atoms with Crippen molar-refractivity contribution in [3.05, 3.63) is 30.3 Å². The third-order valence-corrected chi connectivity index (χ3v) is 3.88. The fraction of sp³-hybridized carbons (Fsp3) is 0.533. The molecule has 112 valence electrons. The van der Waals surface area contributed by atoms with Crippen LogP contribution in [0.15, 0.2) is 30.3 Å². The summed E-state index contributed by atoms with van der Waals surface area (Å²) in [5, 5.41) is 0. The summed E-state index contributed by atoms with van der Waals surface area (Å²) in [6.07, 6.45) is 2.01. The zero-order chi connectivity index (χ0) is 13.8. The van der Waals surface area contributed by atoms with Gasteiger partial charge in [-0.2, -0.15) is 0 Å². The maximum Gasteiger partial charge on any atom is 0.239 e. The molecule has 4 nitrogen and oxygen atoms in total. The third-order valence-electron chi connectivity index (χ3n) is 3.88. The van der Waals surface area contributed by atoms with Crippen molar-refractivity contribution >= 4 is 24.0 Å². The van der Waals surface area contributed by atoms with Gasteiger partial charge in [0.25, 0.3) is 0 Å². The van der Waals surface area contributed by atoms with Gasteiger partial charge in [0.15, 0.2) is 0 Å². The first-order chi connectivity index (χ1) is 9.09. The number of nitrogens with two attached hydrogens (primary N) is 1. The number of hydrogen-bond acceptors (Lipinski definition) is 3. The van der Waals surface area contributed by atoms with Crippen LogP contribution in [0, 0.1) is 0 Å². The highest BCUT2D eigenvalue weighted by Crippen LogP contribution is 2.21. The molecular weight excluding hydrogens is 274 g/mol. The van der Waals surface area contributed by atoms with Gasteiger partial charge in [0.05, 0.1) is 6.04 Å². The molecule has 1 aliphatic heterocycles. The number of anilines is 1.